The lowest BCUT2D eigenvalue weighted by atomic mass is 10.0. The summed E-state index contributed by atoms with van der Waals surface area (Å²) in [6.45, 7) is 12.3. The molecule has 1 saturated heterocycles. The highest BCUT2D eigenvalue weighted by molar-refractivity contribution is 14.0. The Morgan fingerprint density at radius 3 is 2.57 bits per heavy atom. The van der Waals surface area contributed by atoms with Gasteiger partial charge in [-0.05, 0) is 25.0 Å². The topological polar surface area (TPSA) is 79.6 Å². The Balaban J connectivity index is 0.00000320. The van der Waals surface area contributed by atoms with Crippen LogP contribution >= 0.6 is 24.0 Å². The van der Waals surface area contributed by atoms with E-state index in [-0.39, 0.29) is 24.0 Å². The van der Waals surface area contributed by atoms with Crippen LogP contribution in [0.4, 0.5) is 0 Å². The number of benzene rings is 1. The van der Waals surface area contributed by atoms with Gasteiger partial charge in [0.15, 0.2) is 11.8 Å². The fraction of sp³-hybridized carbons (Fsp3) is 0.571. The Labute approximate surface area is 196 Å². The number of hydrogen-bond acceptors (Lipinski definition) is 5. The number of halogens is 1. The van der Waals surface area contributed by atoms with Crippen molar-refractivity contribution in [2.45, 2.75) is 33.4 Å². The second-order valence-corrected chi connectivity index (χ2v) is 7.49. The third-order valence-corrected chi connectivity index (χ3v) is 5.14. The Kier molecular flexibility index (Phi) is 10.5. The number of para-hydroxylation sites is 1. The second kappa shape index (κ2) is 12.9. The molecule has 1 fully saturated rings. The number of aliphatic imine (C=N–C) groups is 1. The van der Waals surface area contributed by atoms with E-state index in [4.69, 9.17) is 9.73 Å². The monoisotopic (exact) mass is 527 g/mol. The quantitative estimate of drug-likeness (QED) is 0.312. The summed E-state index contributed by atoms with van der Waals surface area (Å²) in [6, 6.07) is 10.5. The summed E-state index contributed by atoms with van der Waals surface area (Å²) in [5, 5.41) is 15.2. The predicted molar refractivity (Wildman–Crippen MR) is 131 cm³/mol. The summed E-state index contributed by atoms with van der Waals surface area (Å²) in [5.41, 5.74) is 1.04. The SMILES string of the molecule is CCNC(=NCc1nncn1-c1ccccc1)NCC(C(C)C)N1CCOCC1.I. The molecule has 166 valence electrons. The minimum Gasteiger partial charge on any atom is -0.379 e. The van der Waals surface area contributed by atoms with Gasteiger partial charge >= 0.3 is 0 Å². The van der Waals surface area contributed by atoms with Gasteiger partial charge in [-0.15, -0.1) is 34.2 Å². The number of guanidine groups is 1. The molecule has 2 N–H and O–H groups in total. The summed E-state index contributed by atoms with van der Waals surface area (Å²) in [5.74, 6) is 2.15. The molecular formula is C21H34IN7O. The molecule has 8 nitrogen and oxygen atoms in total. The van der Waals surface area contributed by atoms with E-state index in [0.717, 1.165) is 56.9 Å². The van der Waals surface area contributed by atoms with E-state index < -0.39 is 0 Å². The molecular weight excluding hydrogens is 493 g/mol. The molecule has 1 aromatic heterocycles. The van der Waals surface area contributed by atoms with E-state index in [9.17, 15) is 0 Å². The molecule has 0 radical (unpaired) electrons. The average molecular weight is 527 g/mol. The molecule has 30 heavy (non-hydrogen) atoms. The fourth-order valence-electron chi connectivity index (χ4n) is 3.56. The Bertz CT molecular complexity index is 760. The van der Waals surface area contributed by atoms with E-state index in [2.05, 4.69) is 46.5 Å². The lowest BCUT2D eigenvalue weighted by Crippen LogP contribution is -2.52. The van der Waals surface area contributed by atoms with E-state index >= 15 is 0 Å². The van der Waals surface area contributed by atoms with Gasteiger partial charge in [0.25, 0.3) is 0 Å². The summed E-state index contributed by atoms with van der Waals surface area (Å²) in [4.78, 5) is 7.26. The molecule has 3 rings (SSSR count). The third kappa shape index (κ3) is 6.92. The molecule has 1 unspecified atom stereocenters. The Morgan fingerprint density at radius 2 is 1.90 bits per heavy atom. The van der Waals surface area contributed by atoms with E-state index in [1.807, 2.05) is 34.9 Å². The van der Waals surface area contributed by atoms with Gasteiger partial charge in [0.05, 0.1) is 13.2 Å². The van der Waals surface area contributed by atoms with Crippen molar-refractivity contribution in [1.29, 1.82) is 0 Å². The maximum Gasteiger partial charge on any atom is 0.191 e. The van der Waals surface area contributed by atoms with Crippen molar-refractivity contribution in [3.63, 3.8) is 0 Å². The van der Waals surface area contributed by atoms with Crippen LogP contribution in [-0.2, 0) is 11.3 Å². The number of ether oxygens (including phenoxy) is 1. The van der Waals surface area contributed by atoms with Crippen LogP contribution in [0.5, 0.6) is 0 Å². The minimum atomic E-state index is 0. The molecule has 0 amide bonds. The maximum atomic E-state index is 5.51. The average Bonchev–Trinajstić information content (AvgIpc) is 3.22. The molecule has 1 aliphatic heterocycles. The molecule has 0 spiro atoms. The van der Waals surface area contributed by atoms with Gasteiger partial charge in [-0.3, -0.25) is 9.47 Å². The Morgan fingerprint density at radius 1 is 1.17 bits per heavy atom. The number of nitrogens with zero attached hydrogens (tertiary/aromatic N) is 5. The smallest absolute Gasteiger partial charge is 0.191 e. The lowest BCUT2D eigenvalue weighted by molar-refractivity contribution is 0.00752. The first-order valence-corrected chi connectivity index (χ1v) is 10.5. The molecule has 0 saturated carbocycles. The zero-order valence-corrected chi connectivity index (χ0v) is 20.5. The lowest BCUT2D eigenvalue weighted by Gasteiger charge is -2.37. The van der Waals surface area contributed by atoms with E-state index in [1.54, 1.807) is 6.33 Å². The highest BCUT2D eigenvalue weighted by Crippen LogP contribution is 2.12. The van der Waals surface area contributed by atoms with Gasteiger partial charge < -0.3 is 15.4 Å². The number of rotatable bonds is 8. The summed E-state index contributed by atoms with van der Waals surface area (Å²) in [7, 11) is 0. The molecule has 0 aliphatic carbocycles. The van der Waals surface area contributed by atoms with Crippen LogP contribution in [0.2, 0.25) is 0 Å². The van der Waals surface area contributed by atoms with Crippen molar-refractivity contribution in [3.05, 3.63) is 42.5 Å². The van der Waals surface area contributed by atoms with Crippen LogP contribution in [-0.4, -0.2) is 71.1 Å². The number of morpholine rings is 1. The molecule has 2 heterocycles. The molecule has 9 heteroatoms. The molecule has 2 aromatic rings. The summed E-state index contributed by atoms with van der Waals surface area (Å²) in [6.07, 6.45) is 1.73. The molecule has 0 bridgehead atoms. The first-order valence-electron chi connectivity index (χ1n) is 10.5. The molecule has 1 aliphatic rings. The number of aromatic nitrogens is 3. The zero-order chi connectivity index (χ0) is 20.5. The standard InChI is InChI=1S/C21H33N7O.HI/c1-4-22-21(23-14-19(17(2)3)27-10-12-29-13-11-27)24-15-20-26-25-16-28(20)18-8-6-5-7-9-18;/h5-9,16-17,19H,4,10-15H2,1-3H3,(H2,22,23,24);1H. The van der Waals surface area contributed by atoms with Crippen molar-refractivity contribution in [2.24, 2.45) is 10.9 Å². The van der Waals surface area contributed by atoms with Crippen LogP contribution in [0, 0.1) is 5.92 Å². The van der Waals surface area contributed by atoms with Crippen LogP contribution in [0.1, 0.15) is 26.6 Å². The van der Waals surface area contributed by atoms with Crippen LogP contribution in [0.25, 0.3) is 5.69 Å². The first-order chi connectivity index (χ1) is 14.2. The van der Waals surface area contributed by atoms with Crippen molar-refractivity contribution in [2.75, 3.05) is 39.4 Å². The largest absolute Gasteiger partial charge is 0.379 e. The van der Waals surface area contributed by atoms with Gasteiger partial charge in [-0.25, -0.2) is 4.99 Å². The Hall–Kier alpha value is -1.72. The van der Waals surface area contributed by atoms with Crippen molar-refractivity contribution >= 4 is 29.9 Å². The van der Waals surface area contributed by atoms with Crippen LogP contribution in [0.15, 0.2) is 41.7 Å². The van der Waals surface area contributed by atoms with Crippen molar-refractivity contribution in [3.8, 4) is 5.69 Å². The predicted octanol–water partition coefficient (Wildman–Crippen LogP) is 2.30. The highest BCUT2D eigenvalue weighted by atomic mass is 127. The van der Waals surface area contributed by atoms with Crippen molar-refractivity contribution in [1.82, 2.24) is 30.3 Å². The number of nitrogens with one attached hydrogen (secondary N) is 2. The van der Waals surface area contributed by atoms with Crippen molar-refractivity contribution < 1.29 is 4.74 Å². The van der Waals surface area contributed by atoms with Gasteiger partial charge in [0.2, 0.25) is 0 Å². The van der Waals surface area contributed by atoms with Gasteiger partial charge in [0.1, 0.15) is 12.9 Å². The third-order valence-electron chi connectivity index (χ3n) is 5.14. The highest BCUT2D eigenvalue weighted by Gasteiger charge is 2.23. The fourth-order valence-corrected chi connectivity index (χ4v) is 3.56. The molecule has 1 aromatic carbocycles. The second-order valence-electron chi connectivity index (χ2n) is 7.49. The maximum absolute atomic E-state index is 5.51. The normalized spacial score (nSPS) is 16.2. The summed E-state index contributed by atoms with van der Waals surface area (Å²) >= 11 is 0. The summed E-state index contributed by atoms with van der Waals surface area (Å²) < 4.78 is 7.48. The van der Waals surface area contributed by atoms with Crippen LogP contribution in [0.3, 0.4) is 0 Å². The van der Waals surface area contributed by atoms with E-state index in [0.29, 0.717) is 18.5 Å². The number of hydrogen-bond donors (Lipinski definition) is 2. The van der Waals surface area contributed by atoms with Gasteiger partial charge in [0, 0.05) is 37.9 Å². The first kappa shape index (κ1) is 24.5. The van der Waals surface area contributed by atoms with E-state index in [1.165, 1.54) is 0 Å². The van der Waals surface area contributed by atoms with Crippen LogP contribution < -0.4 is 10.6 Å². The molecule has 1 atom stereocenters. The van der Waals surface area contributed by atoms with Gasteiger partial charge in [-0.1, -0.05) is 32.0 Å². The minimum absolute atomic E-state index is 0. The van der Waals surface area contributed by atoms with Gasteiger partial charge in [-0.2, -0.15) is 0 Å². The zero-order valence-electron chi connectivity index (χ0n) is 18.1.